The lowest BCUT2D eigenvalue weighted by molar-refractivity contribution is -0.250. The second kappa shape index (κ2) is 39.0. The summed E-state index contributed by atoms with van der Waals surface area (Å²) in [6, 6.07) is -0.0389. The van der Waals surface area contributed by atoms with Crippen LogP contribution in [-0.4, -0.2) is 30.9 Å². The third-order valence-electron chi connectivity index (χ3n) is 13.4. The monoisotopic (exact) mass is 800 g/mol. The molecule has 1 aliphatic heterocycles. The molecule has 1 saturated heterocycles. The molecule has 1 aliphatic rings. The van der Waals surface area contributed by atoms with Crippen molar-refractivity contribution in [2.24, 2.45) is 23.7 Å². The van der Waals surface area contributed by atoms with Gasteiger partial charge in [0.1, 0.15) is 0 Å². The van der Waals surface area contributed by atoms with E-state index in [1.54, 1.807) is 0 Å². The van der Waals surface area contributed by atoms with Crippen LogP contribution in [0.2, 0.25) is 0 Å². The Morgan fingerprint density at radius 1 is 0.544 bits per heavy atom. The summed E-state index contributed by atoms with van der Waals surface area (Å²) >= 11 is 0. The van der Waals surface area contributed by atoms with Crippen LogP contribution in [0.3, 0.4) is 0 Å². The Morgan fingerprint density at radius 2 is 0.947 bits per heavy atom. The fraction of sp³-hybridized carbons (Fsp3) is 0.906. The topological polar surface area (TPSA) is 47.6 Å². The summed E-state index contributed by atoms with van der Waals surface area (Å²) < 4.78 is 13.0. The van der Waals surface area contributed by atoms with Crippen LogP contribution in [0, 0.1) is 23.7 Å². The summed E-state index contributed by atoms with van der Waals surface area (Å²) in [5, 5.41) is 3.40. The number of nitrogens with one attached hydrogen (secondary N) is 1. The Bertz CT molecular complexity index is 929. The molecule has 5 unspecified atom stereocenters. The first-order valence-corrected chi connectivity index (χ1v) is 25.7. The van der Waals surface area contributed by atoms with Crippen molar-refractivity contribution in [2.75, 3.05) is 6.61 Å². The first kappa shape index (κ1) is 53.9. The zero-order chi connectivity index (χ0) is 41.6. The number of rotatable bonds is 40. The lowest BCUT2D eigenvalue weighted by atomic mass is 9.78. The maximum Gasteiger partial charge on any atom is 0.220 e. The maximum absolute atomic E-state index is 13.2. The molecule has 0 bridgehead atoms. The molecule has 4 nitrogen and oxygen atoms in total. The number of carbonyl (C=O) groups excluding carboxylic acids is 1. The number of allylic oxidation sites excluding steroid dienone is 3. The van der Waals surface area contributed by atoms with E-state index in [1.807, 2.05) is 0 Å². The highest BCUT2D eigenvalue weighted by Gasteiger charge is 2.39. The molecular formula is C53H101NO3. The zero-order valence-corrected chi connectivity index (χ0v) is 39.6. The lowest BCUT2D eigenvalue weighted by Gasteiger charge is -2.43. The standard InChI is InChI=1S/C53H101NO3/c1-8-11-13-15-17-19-21-23-24-25-26-27-28-29-30-32-34-36-38-40-42-44-52(55)54-50(45-56-53-49(7)47(5)48(6)51(10-3)57-53)46(4)43-41-39-37-35-33-31-22-20-18-16-14-12-9-2/h23-24,41,43,46-51,53H,8-22,25-40,42,44-45H2,1-7H3,(H,54,55)/b24-23?,43-41+/t46-,47?,48?,49?,50+,51?,53?/m1/s1. The highest BCUT2D eigenvalue weighted by molar-refractivity contribution is 5.76. The normalized spacial score (nSPS) is 21.1. The van der Waals surface area contributed by atoms with Crippen molar-refractivity contribution in [3.63, 3.8) is 0 Å². The van der Waals surface area contributed by atoms with Crippen LogP contribution in [0.25, 0.3) is 0 Å². The third-order valence-corrected chi connectivity index (χ3v) is 13.4. The fourth-order valence-electron chi connectivity index (χ4n) is 8.74. The Kier molecular flexibility index (Phi) is 36.9. The minimum atomic E-state index is -0.208. The molecule has 0 aliphatic carbocycles. The minimum absolute atomic E-state index is 0.0389. The summed E-state index contributed by atoms with van der Waals surface area (Å²) in [4.78, 5) is 13.2. The van der Waals surface area contributed by atoms with Gasteiger partial charge in [-0.3, -0.25) is 4.79 Å². The number of hydrogen-bond acceptors (Lipinski definition) is 3. The second-order valence-corrected chi connectivity index (χ2v) is 18.6. The van der Waals surface area contributed by atoms with Crippen LogP contribution >= 0.6 is 0 Å². The van der Waals surface area contributed by atoms with Gasteiger partial charge in [0.05, 0.1) is 18.8 Å². The Labute approximate surface area is 357 Å². The zero-order valence-electron chi connectivity index (χ0n) is 39.6. The van der Waals surface area contributed by atoms with Crippen LogP contribution in [0.4, 0.5) is 0 Å². The minimum Gasteiger partial charge on any atom is -0.350 e. The van der Waals surface area contributed by atoms with E-state index in [0.717, 1.165) is 25.7 Å². The van der Waals surface area contributed by atoms with Gasteiger partial charge in [0, 0.05) is 12.3 Å². The molecule has 1 N–H and O–H groups in total. The quantitative estimate of drug-likeness (QED) is 0.0496. The van der Waals surface area contributed by atoms with Gasteiger partial charge in [-0.1, -0.05) is 227 Å². The van der Waals surface area contributed by atoms with Crippen LogP contribution in [-0.2, 0) is 14.3 Å². The summed E-state index contributed by atoms with van der Waals surface area (Å²) in [5.74, 6) is 1.81. The molecule has 0 aromatic rings. The Morgan fingerprint density at radius 3 is 1.39 bits per heavy atom. The van der Waals surface area contributed by atoms with Gasteiger partial charge in [-0.2, -0.15) is 0 Å². The highest BCUT2D eigenvalue weighted by Crippen LogP contribution is 2.36. The first-order chi connectivity index (χ1) is 27.8. The number of carbonyl (C=O) groups is 1. The number of ether oxygens (including phenoxy) is 2. The van der Waals surface area contributed by atoms with E-state index < -0.39 is 0 Å². The molecule has 0 saturated carbocycles. The van der Waals surface area contributed by atoms with Gasteiger partial charge >= 0.3 is 0 Å². The molecule has 0 aromatic carbocycles. The summed E-state index contributed by atoms with van der Waals surface area (Å²) in [7, 11) is 0. The molecule has 1 rings (SSSR count). The highest BCUT2D eigenvalue weighted by atomic mass is 16.7. The van der Waals surface area contributed by atoms with Gasteiger partial charge < -0.3 is 14.8 Å². The first-order valence-electron chi connectivity index (χ1n) is 25.7. The predicted molar refractivity (Wildman–Crippen MR) is 251 cm³/mol. The van der Waals surface area contributed by atoms with Gasteiger partial charge in [-0.05, 0) is 69.1 Å². The van der Waals surface area contributed by atoms with Crippen molar-refractivity contribution in [3.05, 3.63) is 24.3 Å². The molecule has 57 heavy (non-hydrogen) atoms. The van der Waals surface area contributed by atoms with Crippen LogP contribution in [0.5, 0.6) is 0 Å². The SMILES string of the molecule is CCCCCCCCC=CCCCCCCCCCCCCCC(=O)N[C@@H](COC1OC(CC)C(C)C(C)C1C)[C@H](C)/C=C/CCCCCCCCCCCCC. The van der Waals surface area contributed by atoms with Crippen molar-refractivity contribution < 1.29 is 14.3 Å². The number of hydrogen-bond donors (Lipinski definition) is 1. The molecule has 1 fully saturated rings. The largest absolute Gasteiger partial charge is 0.350 e. The summed E-state index contributed by atoms with van der Waals surface area (Å²) in [5.41, 5.74) is 0. The van der Waals surface area contributed by atoms with Crippen molar-refractivity contribution in [2.45, 2.75) is 279 Å². The van der Waals surface area contributed by atoms with Gasteiger partial charge in [0.15, 0.2) is 6.29 Å². The number of unbranched alkanes of at least 4 members (excludes halogenated alkanes) is 28. The van der Waals surface area contributed by atoms with Crippen LogP contribution < -0.4 is 5.32 Å². The van der Waals surface area contributed by atoms with Gasteiger partial charge in [-0.25, -0.2) is 0 Å². The molecular weight excluding hydrogens is 699 g/mol. The fourth-order valence-corrected chi connectivity index (χ4v) is 8.74. The van der Waals surface area contributed by atoms with Gasteiger partial charge in [-0.15, -0.1) is 0 Å². The maximum atomic E-state index is 13.2. The molecule has 0 aromatic heterocycles. The molecule has 0 spiro atoms. The Hall–Kier alpha value is -1.13. The van der Waals surface area contributed by atoms with Gasteiger partial charge in [0.2, 0.25) is 5.91 Å². The average molecular weight is 800 g/mol. The van der Waals surface area contributed by atoms with E-state index in [-0.39, 0.29) is 30.3 Å². The van der Waals surface area contributed by atoms with E-state index in [1.165, 1.54) is 180 Å². The second-order valence-electron chi connectivity index (χ2n) is 18.6. The Balaban J connectivity index is 2.29. The van der Waals surface area contributed by atoms with E-state index in [4.69, 9.17) is 9.47 Å². The van der Waals surface area contributed by atoms with E-state index in [9.17, 15) is 4.79 Å². The van der Waals surface area contributed by atoms with E-state index >= 15 is 0 Å². The van der Waals surface area contributed by atoms with E-state index in [0.29, 0.717) is 30.8 Å². The molecule has 1 amide bonds. The third kappa shape index (κ3) is 29.7. The van der Waals surface area contributed by atoms with Crippen molar-refractivity contribution >= 4 is 5.91 Å². The molecule has 336 valence electrons. The smallest absolute Gasteiger partial charge is 0.220 e. The average Bonchev–Trinajstić information content (AvgIpc) is 3.21. The van der Waals surface area contributed by atoms with Gasteiger partial charge in [0.25, 0.3) is 0 Å². The van der Waals surface area contributed by atoms with Crippen LogP contribution in [0.1, 0.15) is 260 Å². The van der Waals surface area contributed by atoms with E-state index in [2.05, 4.69) is 78.1 Å². The summed E-state index contributed by atoms with van der Waals surface area (Å²) in [6.07, 6.45) is 52.6. The lowest BCUT2D eigenvalue weighted by Crippen LogP contribution is -2.48. The molecule has 7 atom stereocenters. The molecule has 1 heterocycles. The predicted octanol–water partition coefficient (Wildman–Crippen LogP) is 16.8. The summed E-state index contributed by atoms with van der Waals surface area (Å²) in [6.45, 7) is 16.5. The van der Waals surface area contributed by atoms with Crippen molar-refractivity contribution in [3.8, 4) is 0 Å². The number of amides is 1. The van der Waals surface area contributed by atoms with Crippen molar-refractivity contribution in [1.29, 1.82) is 0 Å². The molecule has 0 radical (unpaired) electrons. The molecule has 4 heteroatoms. The van der Waals surface area contributed by atoms with Crippen molar-refractivity contribution in [1.82, 2.24) is 5.32 Å². The van der Waals surface area contributed by atoms with Crippen LogP contribution in [0.15, 0.2) is 24.3 Å².